The largest absolute Gasteiger partial charge is 0.494 e. The van der Waals surface area contributed by atoms with Crippen molar-refractivity contribution >= 4 is 0 Å². The highest BCUT2D eigenvalue weighted by atomic mass is 16.5. The molecular weight excluding hydrogens is 346 g/mol. The van der Waals surface area contributed by atoms with Crippen LogP contribution in [-0.2, 0) is 0 Å². The SMILES string of the molecule is CCCCOc1ccc([C@@H](O)[C@@H](CN2CCCCCC2)c2ccccc2)cc1. The lowest BCUT2D eigenvalue weighted by atomic mass is 9.88. The van der Waals surface area contributed by atoms with Crippen LogP contribution in [0.3, 0.4) is 0 Å². The summed E-state index contributed by atoms with van der Waals surface area (Å²) in [7, 11) is 0. The Morgan fingerprint density at radius 2 is 1.57 bits per heavy atom. The van der Waals surface area contributed by atoms with Crippen molar-refractivity contribution < 1.29 is 9.84 Å². The molecule has 1 N–H and O–H groups in total. The van der Waals surface area contributed by atoms with Gasteiger partial charge in [0.2, 0.25) is 0 Å². The molecule has 1 aliphatic rings. The lowest BCUT2D eigenvalue weighted by Gasteiger charge is -2.30. The van der Waals surface area contributed by atoms with E-state index in [9.17, 15) is 5.11 Å². The number of hydrogen-bond acceptors (Lipinski definition) is 3. The zero-order chi connectivity index (χ0) is 19.6. The van der Waals surface area contributed by atoms with Crippen molar-refractivity contribution in [3.05, 3.63) is 65.7 Å². The fraction of sp³-hybridized carbons (Fsp3) is 0.520. The maximum atomic E-state index is 11.3. The summed E-state index contributed by atoms with van der Waals surface area (Å²) >= 11 is 0. The number of ether oxygens (including phenoxy) is 1. The molecule has 0 aliphatic carbocycles. The monoisotopic (exact) mass is 381 g/mol. The number of hydrogen-bond donors (Lipinski definition) is 1. The van der Waals surface area contributed by atoms with E-state index in [1.807, 2.05) is 30.3 Å². The third kappa shape index (κ3) is 6.08. The first-order valence-electron chi connectivity index (χ1n) is 11.0. The summed E-state index contributed by atoms with van der Waals surface area (Å²) < 4.78 is 5.77. The molecule has 2 aromatic rings. The van der Waals surface area contributed by atoms with E-state index in [1.165, 1.54) is 31.2 Å². The summed E-state index contributed by atoms with van der Waals surface area (Å²) in [5, 5.41) is 11.3. The van der Waals surface area contributed by atoms with Crippen molar-refractivity contribution in [2.75, 3.05) is 26.2 Å². The molecule has 2 atom stereocenters. The van der Waals surface area contributed by atoms with Crippen molar-refractivity contribution in [2.24, 2.45) is 0 Å². The van der Waals surface area contributed by atoms with Crippen LogP contribution in [0.4, 0.5) is 0 Å². The molecular formula is C25H35NO2. The van der Waals surface area contributed by atoms with E-state index < -0.39 is 6.10 Å². The van der Waals surface area contributed by atoms with E-state index in [2.05, 4.69) is 36.1 Å². The summed E-state index contributed by atoms with van der Waals surface area (Å²) in [5.41, 5.74) is 2.18. The van der Waals surface area contributed by atoms with Gasteiger partial charge in [-0.2, -0.15) is 0 Å². The molecule has 1 saturated heterocycles. The summed E-state index contributed by atoms with van der Waals surface area (Å²) in [6, 6.07) is 18.5. The van der Waals surface area contributed by atoms with Gasteiger partial charge in [-0.1, -0.05) is 68.7 Å². The highest BCUT2D eigenvalue weighted by molar-refractivity contribution is 5.32. The number of nitrogens with zero attached hydrogens (tertiary/aromatic N) is 1. The van der Waals surface area contributed by atoms with Crippen molar-refractivity contribution in [3.63, 3.8) is 0 Å². The van der Waals surface area contributed by atoms with Gasteiger partial charge in [0, 0.05) is 12.5 Å². The second-order valence-electron chi connectivity index (χ2n) is 7.95. The topological polar surface area (TPSA) is 32.7 Å². The van der Waals surface area contributed by atoms with Crippen molar-refractivity contribution in [3.8, 4) is 5.75 Å². The van der Waals surface area contributed by atoms with Gasteiger partial charge in [0.1, 0.15) is 5.75 Å². The van der Waals surface area contributed by atoms with Crippen LogP contribution in [0.2, 0.25) is 0 Å². The molecule has 0 unspecified atom stereocenters. The summed E-state index contributed by atoms with van der Waals surface area (Å²) in [4.78, 5) is 2.54. The fourth-order valence-electron chi connectivity index (χ4n) is 4.01. The van der Waals surface area contributed by atoms with Crippen LogP contribution in [-0.4, -0.2) is 36.2 Å². The smallest absolute Gasteiger partial charge is 0.119 e. The van der Waals surface area contributed by atoms with Gasteiger partial charge in [-0.25, -0.2) is 0 Å². The predicted octanol–water partition coefficient (Wildman–Crippen LogP) is 5.56. The van der Waals surface area contributed by atoms with E-state index in [0.29, 0.717) is 0 Å². The summed E-state index contributed by atoms with van der Waals surface area (Å²) in [6.07, 6.45) is 6.86. The van der Waals surface area contributed by atoms with Crippen LogP contribution in [0, 0.1) is 0 Å². The van der Waals surface area contributed by atoms with Gasteiger partial charge < -0.3 is 14.7 Å². The number of rotatable bonds is 9. The second kappa shape index (κ2) is 11.2. The Bertz CT molecular complexity index is 663. The van der Waals surface area contributed by atoms with Crippen LogP contribution in [0.25, 0.3) is 0 Å². The lowest BCUT2D eigenvalue weighted by Crippen LogP contribution is -2.32. The van der Waals surface area contributed by atoms with E-state index in [1.54, 1.807) is 0 Å². The van der Waals surface area contributed by atoms with E-state index in [0.717, 1.165) is 50.4 Å². The normalized spacial score (nSPS) is 17.6. The van der Waals surface area contributed by atoms with Gasteiger partial charge >= 0.3 is 0 Å². The molecule has 0 amide bonds. The molecule has 0 bridgehead atoms. The first kappa shape index (κ1) is 20.9. The number of aliphatic hydroxyl groups excluding tert-OH is 1. The third-order valence-electron chi connectivity index (χ3n) is 5.75. The average Bonchev–Trinajstić information content (AvgIpc) is 3.02. The van der Waals surface area contributed by atoms with Gasteiger partial charge in [-0.3, -0.25) is 0 Å². The van der Waals surface area contributed by atoms with Gasteiger partial charge in [0.15, 0.2) is 0 Å². The maximum Gasteiger partial charge on any atom is 0.119 e. The zero-order valence-corrected chi connectivity index (χ0v) is 17.2. The Balaban J connectivity index is 1.73. The Morgan fingerprint density at radius 3 is 2.21 bits per heavy atom. The molecule has 1 aliphatic heterocycles. The predicted molar refractivity (Wildman–Crippen MR) is 116 cm³/mol. The first-order chi connectivity index (χ1) is 13.8. The first-order valence-corrected chi connectivity index (χ1v) is 11.0. The van der Waals surface area contributed by atoms with Gasteiger partial charge in [0.25, 0.3) is 0 Å². The minimum absolute atomic E-state index is 0.0751. The molecule has 3 rings (SSSR count). The lowest BCUT2D eigenvalue weighted by molar-refractivity contribution is 0.117. The van der Waals surface area contributed by atoms with Crippen molar-refractivity contribution in [1.29, 1.82) is 0 Å². The number of aliphatic hydroxyl groups is 1. The Labute approximate surface area is 170 Å². The second-order valence-corrected chi connectivity index (χ2v) is 7.95. The Morgan fingerprint density at radius 1 is 0.893 bits per heavy atom. The van der Waals surface area contributed by atoms with Gasteiger partial charge in [-0.15, -0.1) is 0 Å². The minimum Gasteiger partial charge on any atom is -0.494 e. The molecule has 3 nitrogen and oxygen atoms in total. The summed E-state index contributed by atoms with van der Waals surface area (Å²) in [5.74, 6) is 0.958. The molecule has 0 radical (unpaired) electrons. The molecule has 3 heteroatoms. The molecule has 1 heterocycles. The van der Waals surface area contributed by atoms with Gasteiger partial charge in [0.05, 0.1) is 12.7 Å². The Kier molecular flexibility index (Phi) is 8.38. The van der Waals surface area contributed by atoms with E-state index in [4.69, 9.17) is 4.74 Å². The molecule has 152 valence electrons. The van der Waals surface area contributed by atoms with Crippen LogP contribution in [0.1, 0.15) is 68.6 Å². The zero-order valence-electron chi connectivity index (χ0n) is 17.2. The molecule has 2 aromatic carbocycles. The Hall–Kier alpha value is -1.84. The number of likely N-dealkylation sites (tertiary alicyclic amines) is 1. The van der Waals surface area contributed by atoms with Crippen molar-refractivity contribution in [1.82, 2.24) is 4.90 Å². The van der Waals surface area contributed by atoms with E-state index >= 15 is 0 Å². The van der Waals surface area contributed by atoms with Crippen LogP contribution in [0.5, 0.6) is 5.75 Å². The maximum absolute atomic E-state index is 11.3. The van der Waals surface area contributed by atoms with E-state index in [-0.39, 0.29) is 5.92 Å². The van der Waals surface area contributed by atoms with Crippen LogP contribution < -0.4 is 4.74 Å². The van der Waals surface area contributed by atoms with Crippen LogP contribution >= 0.6 is 0 Å². The summed E-state index contributed by atoms with van der Waals surface area (Å²) in [6.45, 7) is 6.09. The number of unbranched alkanes of at least 4 members (excludes halogenated alkanes) is 1. The standard InChI is InChI=1S/C25H35NO2/c1-2-3-19-28-23-15-13-22(14-16-23)25(27)24(21-11-7-6-8-12-21)20-26-17-9-4-5-10-18-26/h6-8,11-16,24-25,27H,2-5,9-10,17-20H2,1H3/t24-,25+/m0/s1. The van der Waals surface area contributed by atoms with Crippen molar-refractivity contribution in [2.45, 2.75) is 57.5 Å². The van der Waals surface area contributed by atoms with Crippen LogP contribution in [0.15, 0.2) is 54.6 Å². The minimum atomic E-state index is -0.518. The molecule has 1 fully saturated rings. The average molecular weight is 382 g/mol. The molecule has 0 saturated carbocycles. The molecule has 28 heavy (non-hydrogen) atoms. The van der Waals surface area contributed by atoms with Gasteiger partial charge in [-0.05, 0) is 55.6 Å². The fourth-order valence-corrected chi connectivity index (χ4v) is 4.01. The molecule has 0 aromatic heterocycles. The quantitative estimate of drug-likeness (QED) is 0.577. The third-order valence-corrected chi connectivity index (χ3v) is 5.75. The number of benzene rings is 2. The highest BCUT2D eigenvalue weighted by Gasteiger charge is 2.25. The highest BCUT2D eigenvalue weighted by Crippen LogP contribution is 2.33. The molecule has 0 spiro atoms.